The maximum atomic E-state index is 5.81. The van der Waals surface area contributed by atoms with Gasteiger partial charge in [0.1, 0.15) is 12.4 Å². The second kappa shape index (κ2) is 5.84. The predicted molar refractivity (Wildman–Crippen MR) is 81.6 cm³/mol. The normalized spacial score (nSPS) is 18.9. The van der Waals surface area contributed by atoms with E-state index in [1.54, 1.807) is 0 Å². The summed E-state index contributed by atoms with van der Waals surface area (Å²) in [6.07, 6.45) is 5.73. The van der Waals surface area contributed by atoms with Gasteiger partial charge in [-0.15, -0.1) is 0 Å². The highest BCUT2D eigenvalue weighted by molar-refractivity contribution is 9.10. The molecule has 0 aromatic heterocycles. The molecule has 1 aromatic rings. The summed E-state index contributed by atoms with van der Waals surface area (Å²) < 4.78 is 6.95. The number of aryl methyl sites for hydroxylation is 1. The van der Waals surface area contributed by atoms with Gasteiger partial charge in [-0.2, -0.15) is 0 Å². The largest absolute Gasteiger partial charge is 0.492 e. The van der Waals surface area contributed by atoms with Crippen molar-refractivity contribution in [3.63, 3.8) is 0 Å². The zero-order chi connectivity index (χ0) is 13.2. The summed E-state index contributed by atoms with van der Waals surface area (Å²) >= 11 is 3.51. The average molecular weight is 324 g/mol. The Kier molecular flexibility index (Phi) is 4.13. The molecule has 0 spiro atoms. The molecular weight excluding hydrogens is 302 g/mol. The molecule has 1 N–H and O–H groups in total. The molecule has 2 aliphatic rings. The molecule has 3 rings (SSSR count). The SMILES string of the molecule is Cc1cc(OCCNC(C2CC2)C2CC2)ccc1Br. The molecule has 1 aromatic carbocycles. The van der Waals surface area contributed by atoms with E-state index in [9.17, 15) is 0 Å². The molecule has 0 unspecified atom stereocenters. The molecular formula is C16H22BrNO. The van der Waals surface area contributed by atoms with Gasteiger partial charge in [0.2, 0.25) is 0 Å². The third-order valence-electron chi connectivity index (χ3n) is 4.14. The molecule has 0 atom stereocenters. The minimum Gasteiger partial charge on any atom is -0.492 e. The summed E-state index contributed by atoms with van der Waals surface area (Å²) in [6, 6.07) is 6.94. The molecule has 0 bridgehead atoms. The molecule has 3 heteroatoms. The fourth-order valence-corrected chi connectivity index (χ4v) is 2.98. The third kappa shape index (κ3) is 3.73. The Morgan fingerprint density at radius 3 is 2.53 bits per heavy atom. The van der Waals surface area contributed by atoms with E-state index in [2.05, 4.69) is 40.3 Å². The van der Waals surface area contributed by atoms with Gasteiger partial charge in [0.05, 0.1) is 0 Å². The molecule has 2 nitrogen and oxygen atoms in total. The molecule has 2 aliphatic carbocycles. The van der Waals surface area contributed by atoms with Crippen molar-refractivity contribution in [2.24, 2.45) is 11.8 Å². The fraction of sp³-hybridized carbons (Fsp3) is 0.625. The highest BCUT2D eigenvalue weighted by atomic mass is 79.9. The summed E-state index contributed by atoms with van der Waals surface area (Å²) in [5.41, 5.74) is 1.22. The van der Waals surface area contributed by atoms with Crippen LogP contribution in [0.5, 0.6) is 5.75 Å². The zero-order valence-corrected chi connectivity index (χ0v) is 13.1. The minimum atomic E-state index is 0.761. The number of rotatable bonds is 7. The van der Waals surface area contributed by atoms with E-state index >= 15 is 0 Å². The van der Waals surface area contributed by atoms with Gasteiger partial charge < -0.3 is 10.1 Å². The monoisotopic (exact) mass is 323 g/mol. The number of hydrogen-bond acceptors (Lipinski definition) is 2. The lowest BCUT2D eigenvalue weighted by Gasteiger charge is -2.17. The second-order valence-corrected chi connectivity index (χ2v) is 6.77. The van der Waals surface area contributed by atoms with Crippen LogP contribution in [-0.2, 0) is 0 Å². The van der Waals surface area contributed by atoms with E-state index in [0.29, 0.717) is 0 Å². The Morgan fingerprint density at radius 1 is 1.26 bits per heavy atom. The first-order valence-electron chi connectivity index (χ1n) is 7.36. The quantitative estimate of drug-likeness (QED) is 0.768. The van der Waals surface area contributed by atoms with Gasteiger partial charge in [-0.3, -0.25) is 0 Å². The van der Waals surface area contributed by atoms with Crippen LogP contribution in [0.15, 0.2) is 22.7 Å². The van der Waals surface area contributed by atoms with Crippen molar-refractivity contribution in [1.82, 2.24) is 5.32 Å². The first kappa shape index (κ1) is 13.4. The summed E-state index contributed by atoms with van der Waals surface area (Å²) in [5.74, 6) is 2.89. The van der Waals surface area contributed by atoms with Crippen molar-refractivity contribution in [2.75, 3.05) is 13.2 Å². The van der Waals surface area contributed by atoms with Crippen LogP contribution in [0.25, 0.3) is 0 Å². The van der Waals surface area contributed by atoms with Gasteiger partial charge in [0.15, 0.2) is 0 Å². The number of ether oxygens (including phenoxy) is 1. The van der Waals surface area contributed by atoms with Crippen LogP contribution in [0.3, 0.4) is 0 Å². The third-order valence-corrected chi connectivity index (χ3v) is 5.03. The molecule has 0 heterocycles. The van der Waals surface area contributed by atoms with Crippen LogP contribution < -0.4 is 10.1 Å². The smallest absolute Gasteiger partial charge is 0.119 e. The number of halogens is 1. The summed E-state index contributed by atoms with van der Waals surface area (Å²) in [6.45, 7) is 3.81. The van der Waals surface area contributed by atoms with Crippen LogP contribution in [0.4, 0.5) is 0 Å². The Hall–Kier alpha value is -0.540. The van der Waals surface area contributed by atoms with Gasteiger partial charge in [-0.05, 0) is 68.2 Å². The van der Waals surface area contributed by atoms with E-state index in [1.807, 2.05) is 6.07 Å². The van der Waals surface area contributed by atoms with E-state index in [0.717, 1.165) is 41.3 Å². The lowest BCUT2D eigenvalue weighted by molar-refractivity contribution is 0.293. The van der Waals surface area contributed by atoms with Crippen molar-refractivity contribution in [3.05, 3.63) is 28.2 Å². The van der Waals surface area contributed by atoms with Gasteiger partial charge in [0.25, 0.3) is 0 Å². The molecule has 104 valence electrons. The van der Waals surface area contributed by atoms with Crippen LogP contribution in [-0.4, -0.2) is 19.2 Å². The van der Waals surface area contributed by atoms with Crippen LogP contribution in [0, 0.1) is 18.8 Å². The molecule has 0 aliphatic heterocycles. The van der Waals surface area contributed by atoms with Gasteiger partial charge in [0, 0.05) is 17.1 Å². The lowest BCUT2D eigenvalue weighted by atomic mass is 10.1. The minimum absolute atomic E-state index is 0.761. The summed E-state index contributed by atoms with van der Waals surface area (Å²) in [5, 5.41) is 3.71. The van der Waals surface area contributed by atoms with E-state index in [1.165, 1.54) is 31.2 Å². The Morgan fingerprint density at radius 2 is 1.95 bits per heavy atom. The maximum Gasteiger partial charge on any atom is 0.119 e. The number of nitrogens with one attached hydrogen (secondary N) is 1. The van der Waals surface area contributed by atoms with Crippen molar-refractivity contribution in [3.8, 4) is 5.75 Å². The van der Waals surface area contributed by atoms with E-state index < -0.39 is 0 Å². The van der Waals surface area contributed by atoms with Crippen molar-refractivity contribution >= 4 is 15.9 Å². The number of hydrogen-bond donors (Lipinski definition) is 1. The Balaban J connectivity index is 1.41. The van der Waals surface area contributed by atoms with Crippen LogP contribution in [0.2, 0.25) is 0 Å². The summed E-state index contributed by atoms with van der Waals surface area (Å²) in [7, 11) is 0. The number of benzene rings is 1. The fourth-order valence-electron chi connectivity index (χ4n) is 2.73. The topological polar surface area (TPSA) is 21.3 Å². The van der Waals surface area contributed by atoms with E-state index in [-0.39, 0.29) is 0 Å². The summed E-state index contributed by atoms with van der Waals surface area (Å²) in [4.78, 5) is 0. The highest BCUT2D eigenvalue weighted by Gasteiger charge is 2.40. The lowest BCUT2D eigenvalue weighted by Crippen LogP contribution is -2.36. The van der Waals surface area contributed by atoms with Crippen molar-refractivity contribution in [2.45, 2.75) is 38.6 Å². The molecule has 19 heavy (non-hydrogen) atoms. The van der Waals surface area contributed by atoms with Crippen molar-refractivity contribution < 1.29 is 4.74 Å². The first-order valence-corrected chi connectivity index (χ1v) is 8.15. The molecule has 2 saturated carbocycles. The molecule has 2 fully saturated rings. The van der Waals surface area contributed by atoms with Gasteiger partial charge in [-0.1, -0.05) is 15.9 Å². The Labute approximate surface area is 124 Å². The van der Waals surface area contributed by atoms with Crippen LogP contribution in [0.1, 0.15) is 31.2 Å². The molecule has 0 amide bonds. The van der Waals surface area contributed by atoms with Gasteiger partial charge >= 0.3 is 0 Å². The standard InChI is InChI=1S/C16H22BrNO/c1-11-10-14(6-7-15(11)17)19-9-8-18-16(12-2-3-12)13-4-5-13/h6-7,10,12-13,16,18H,2-5,8-9H2,1H3. The van der Waals surface area contributed by atoms with E-state index in [4.69, 9.17) is 4.74 Å². The second-order valence-electron chi connectivity index (χ2n) is 5.91. The zero-order valence-electron chi connectivity index (χ0n) is 11.5. The first-order chi connectivity index (χ1) is 9.24. The predicted octanol–water partition coefficient (Wildman–Crippen LogP) is 3.91. The maximum absolute atomic E-state index is 5.81. The highest BCUT2D eigenvalue weighted by Crippen LogP contribution is 2.44. The van der Waals surface area contributed by atoms with Crippen LogP contribution >= 0.6 is 15.9 Å². The van der Waals surface area contributed by atoms with Crippen molar-refractivity contribution in [1.29, 1.82) is 0 Å². The molecule has 0 saturated heterocycles. The Bertz CT molecular complexity index is 428. The van der Waals surface area contributed by atoms with Gasteiger partial charge in [-0.25, -0.2) is 0 Å². The molecule has 0 radical (unpaired) electrons. The average Bonchev–Trinajstić information content (AvgIpc) is 3.27.